The standard InChI is InChI=1S/C16H24N4/c1-12-3-5-14(6-4-12)7-8-17-16-15-11-13(2)19-20(15)10-9-18-16/h9-12,14H,3-8H2,1-2H3,(H,17,18). The molecule has 1 fully saturated rings. The summed E-state index contributed by atoms with van der Waals surface area (Å²) in [5.74, 6) is 2.78. The maximum absolute atomic E-state index is 4.44. The number of aromatic nitrogens is 3. The van der Waals surface area contributed by atoms with E-state index < -0.39 is 0 Å². The minimum atomic E-state index is 0.894. The zero-order chi connectivity index (χ0) is 13.9. The normalized spacial score (nSPS) is 23.1. The van der Waals surface area contributed by atoms with E-state index in [1.54, 1.807) is 0 Å². The van der Waals surface area contributed by atoms with E-state index >= 15 is 0 Å². The number of hydrogen-bond donors (Lipinski definition) is 1. The Balaban J connectivity index is 1.57. The van der Waals surface area contributed by atoms with Crippen molar-refractivity contribution in [2.24, 2.45) is 11.8 Å². The van der Waals surface area contributed by atoms with Gasteiger partial charge in [-0.3, -0.25) is 0 Å². The molecule has 4 heteroatoms. The maximum Gasteiger partial charge on any atom is 0.152 e. The van der Waals surface area contributed by atoms with Gasteiger partial charge in [0.25, 0.3) is 0 Å². The van der Waals surface area contributed by atoms with Crippen molar-refractivity contribution in [3.05, 3.63) is 24.2 Å². The number of anilines is 1. The zero-order valence-corrected chi connectivity index (χ0v) is 12.5. The summed E-state index contributed by atoms with van der Waals surface area (Å²) in [5, 5.41) is 7.90. The van der Waals surface area contributed by atoms with E-state index in [1.807, 2.05) is 23.8 Å². The van der Waals surface area contributed by atoms with Gasteiger partial charge in [0, 0.05) is 18.9 Å². The van der Waals surface area contributed by atoms with Gasteiger partial charge in [0.1, 0.15) is 5.52 Å². The van der Waals surface area contributed by atoms with Crippen LogP contribution in [0.1, 0.15) is 44.7 Å². The van der Waals surface area contributed by atoms with Gasteiger partial charge in [0.05, 0.1) is 5.69 Å². The van der Waals surface area contributed by atoms with E-state index in [4.69, 9.17) is 0 Å². The van der Waals surface area contributed by atoms with Crippen molar-refractivity contribution >= 4 is 11.3 Å². The van der Waals surface area contributed by atoms with Crippen LogP contribution in [0.5, 0.6) is 0 Å². The van der Waals surface area contributed by atoms with Crippen molar-refractivity contribution in [3.8, 4) is 0 Å². The molecule has 0 atom stereocenters. The lowest BCUT2D eigenvalue weighted by Gasteiger charge is -2.26. The van der Waals surface area contributed by atoms with E-state index in [1.165, 1.54) is 32.1 Å². The number of aryl methyl sites for hydroxylation is 1. The summed E-state index contributed by atoms with van der Waals surface area (Å²) in [6, 6.07) is 2.08. The minimum Gasteiger partial charge on any atom is -0.368 e. The largest absolute Gasteiger partial charge is 0.368 e. The van der Waals surface area contributed by atoms with Gasteiger partial charge in [-0.2, -0.15) is 5.10 Å². The highest BCUT2D eigenvalue weighted by atomic mass is 15.2. The molecule has 0 aliphatic heterocycles. The van der Waals surface area contributed by atoms with Crippen LogP contribution < -0.4 is 5.32 Å². The van der Waals surface area contributed by atoms with Crippen LogP contribution in [-0.2, 0) is 0 Å². The number of hydrogen-bond acceptors (Lipinski definition) is 3. The van der Waals surface area contributed by atoms with Gasteiger partial charge >= 0.3 is 0 Å². The first-order valence-corrected chi connectivity index (χ1v) is 7.77. The summed E-state index contributed by atoms with van der Waals surface area (Å²) in [4.78, 5) is 4.44. The third kappa shape index (κ3) is 2.94. The molecule has 0 spiro atoms. The first-order chi connectivity index (χ1) is 9.72. The third-order valence-corrected chi connectivity index (χ3v) is 4.49. The van der Waals surface area contributed by atoms with E-state index in [0.717, 1.165) is 35.4 Å². The Morgan fingerprint density at radius 3 is 2.90 bits per heavy atom. The topological polar surface area (TPSA) is 42.2 Å². The summed E-state index contributed by atoms with van der Waals surface area (Å²) in [7, 11) is 0. The van der Waals surface area contributed by atoms with Gasteiger partial charge in [-0.1, -0.05) is 32.6 Å². The predicted octanol–water partition coefficient (Wildman–Crippen LogP) is 3.67. The van der Waals surface area contributed by atoms with Crippen molar-refractivity contribution in [1.82, 2.24) is 14.6 Å². The van der Waals surface area contributed by atoms with E-state index in [0.29, 0.717) is 0 Å². The fourth-order valence-electron chi connectivity index (χ4n) is 3.19. The average molecular weight is 272 g/mol. The molecule has 0 unspecified atom stereocenters. The van der Waals surface area contributed by atoms with Crippen molar-refractivity contribution in [1.29, 1.82) is 0 Å². The molecule has 0 saturated heterocycles. The molecule has 0 amide bonds. The average Bonchev–Trinajstić information content (AvgIpc) is 2.82. The Labute approximate surface area is 120 Å². The Hall–Kier alpha value is -1.58. The second-order valence-corrected chi connectivity index (χ2v) is 6.23. The molecule has 1 saturated carbocycles. The number of nitrogens with one attached hydrogen (secondary N) is 1. The Morgan fingerprint density at radius 1 is 1.30 bits per heavy atom. The molecule has 4 nitrogen and oxygen atoms in total. The molecular formula is C16H24N4. The molecule has 0 bridgehead atoms. The van der Waals surface area contributed by atoms with Crippen LogP contribution >= 0.6 is 0 Å². The van der Waals surface area contributed by atoms with Crippen molar-refractivity contribution < 1.29 is 0 Å². The molecule has 108 valence electrons. The quantitative estimate of drug-likeness (QED) is 0.923. The number of nitrogens with zero attached hydrogens (tertiary/aromatic N) is 3. The van der Waals surface area contributed by atoms with Crippen LogP contribution in [0, 0.1) is 18.8 Å². The van der Waals surface area contributed by atoms with Gasteiger partial charge < -0.3 is 5.32 Å². The smallest absolute Gasteiger partial charge is 0.152 e. The van der Waals surface area contributed by atoms with Crippen LogP contribution in [0.15, 0.2) is 18.5 Å². The number of fused-ring (bicyclic) bond motifs is 1. The van der Waals surface area contributed by atoms with E-state index in [-0.39, 0.29) is 0 Å². The maximum atomic E-state index is 4.44. The van der Waals surface area contributed by atoms with Crippen molar-refractivity contribution in [2.75, 3.05) is 11.9 Å². The van der Waals surface area contributed by atoms with Gasteiger partial charge in [-0.05, 0) is 31.2 Å². The highest BCUT2D eigenvalue weighted by Gasteiger charge is 2.17. The molecule has 2 aromatic heterocycles. The lowest BCUT2D eigenvalue weighted by atomic mass is 9.81. The molecule has 1 aliphatic rings. The molecule has 2 heterocycles. The molecular weight excluding hydrogens is 248 g/mol. The summed E-state index contributed by atoms with van der Waals surface area (Å²) in [6.07, 6.45) is 10.6. The highest BCUT2D eigenvalue weighted by molar-refractivity contribution is 5.67. The lowest BCUT2D eigenvalue weighted by molar-refractivity contribution is 0.282. The summed E-state index contributed by atoms with van der Waals surface area (Å²) >= 11 is 0. The fraction of sp³-hybridized carbons (Fsp3) is 0.625. The summed E-state index contributed by atoms with van der Waals surface area (Å²) in [6.45, 7) is 5.40. The molecule has 3 rings (SSSR count). The molecule has 0 aromatic carbocycles. The highest BCUT2D eigenvalue weighted by Crippen LogP contribution is 2.30. The predicted molar refractivity (Wildman–Crippen MR) is 82.0 cm³/mol. The number of rotatable bonds is 4. The lowest BCUT2D eigenvalue weighted by Crippen LogP contribution is -2.16. The van der Waals surface area contributed by atoms with Crippen molar-refractivity contribution in [2.45, 2.75) is 46.0 Å². The van der Waals surface area contributed by atoms with Crippen LogP contribution in [0.25, 0.3) is 5.52 Å². The Bertz CT molecular complexity index is 567. The molecule has 0 radical (unpaired) electrons. The molecule has 1 N–H and O–H groups in total. The van der Waals surface area contributed by atoms with Gasteiger partial charge in [-0.25, -0.2) is 9.50 Å². The molecule has 2 aromatic rings. The van der Waals surface area contributed by atoms with Gasteiger partial charge in [0.15, 0.2) is 5.82 Å². The van der Waals surface area contributed by atoms with Crippen LogP contribution in [0.4, 0.5) is 5.82 Å². The van der Waals surface area contributed by atoms with Gasteiger partial charge in [0.2, 0.25) is 0 Å². The second kappa shape index (κ2) is 5.81. The zero-order valence-electron chi connectivity index (χ0n) is 12.5. The van der Waals surface area contributed by atoms with E-state index in [9.17, 15) is 0 Å². The summed E-state index contributed by atoms with van der Waals surface area (Å²) < 4.78 is 1.90. The minimum absolute atomic E-state index is 0.894. The van der Waals surface area contributed by atoms with Crippen LogP contribution in [-0.4, -0.2) is 21.1 Å². The SMILES string of the molecule is Cc1cc2c(NCCC3CCC(C)CC3)nccn2n1. The molecule has 1 aliphatic carbocycles. The monoisotopic (exact) mass is 272 g/mol. The fourth-order valence-corrected chi connectivity index (χ4v) is 3.19. The van der Waals surface area contributed by atoms with Crippen LogP contribution in [0.3, 0.4) is 0 Å². The third-order valence-electron chi connectivity index (χ3n) is 4.49. The Morgan fingerprint density at radius 2 is 2.10 bits per heavy atom. The summed E-state index contributed by atoms with van der Waals surface area (Å²) in [5.41, 5.74) is 2.10. The second-order valence-electron chi connectivity index (χ2n) is 6.23. The molecule has 20 heavy (non-hydrogen) atoms. The first kappa shape index (κ1) is 13.4. The van der Waals surface area contributed by atoms with Crippen molar-refractivity contribution in [3.63, 3.8) is 0 Å². The van der Waals surface area contributed by atoms with Gasteiger partial charge in [-0.15, -0.1) is 0 Å². The van der Waals surface area contributed by atoms with Crippen LogP contribution in [0.2, 0.25) is 0 Å². The Kier molecular flexibility index (Phi) is 3.90. The van der Waals surface area contributed by atoms with E-state index in [2.05, 4.69) is 28.4 Å². The first-order valence-electron chi connectivity index (χ1n) is 7.77.